The van der Waals surface area contributed by atoms with Gasteiger partial charge in [-0.15, -0.1) is 0 Å². The van der Waals surface area contributed by atoms with Gasteiger partial charge in [-0.1, -0.05) is 5.92 Å². The van der Waals surface area contributed by atoms with Gasteiger partial charge in [-0.2, -0.15) is 5.10 Å². The van der Waals surface area contributed by atoms with Crippen LogP contribution in [-0.4, -0.2) is 20.9 Å². The third-order valence-corrected chi connectivity index (χ3v) is 2.13. The number of carboxylic acid groups (broad SMARTS) is 1. The Morgan fingerprint density at radius 2 is 2.43 bits per heavy atom. The molecular formula is C10H10N2O2. The van der Waals surface area contributed by atoms with Crippen molar-refractivity contribution in [2.75, 3.05) is 0 Å². The summed E-state index contributed by atoms with van der Waals surface area (Å²) in [5, 5.41) is 12.7. The molecule has 0 saturated heterocycles. The number of aliphatic carboxylic acids is 1. The lowest BCUT2D eigenvalue weighted by Gasteiger charge is -1.89. The van der Waals surface area contributed by atoms with Crippen LogP contribution in [0.2, 0.25) is 0 Å². The van der Waals surface area contributed by atoms with Crippen molar-refractivity contribution in [1.82, 2.24) is 9.78 Å². The van der Waals surface area contributed by atoms with E-state index < -0.39 is 5.97 Å². The van der Waals surface area contributed by atoms with Crippen molar-refractivity contribution in [1.29, 1.82) is 0 Å². The third-order valence-electron chi connectivity index (χ3n) is 2.13. The largest absolute Gasteiger partial charge is 0.472 e. The SMILES string of the molecule is Cn1cc(C#CC(=O)O)c(C2CC2)n1. The molecule has 0 aromatic carbocycles. The monoisotopic (exact) mass is 190 g/mol. The predicted octanol–water partition coefficient (Wildman–Crippen LogP) is 0.734. The second kappa shape index (κ2) is 3.18. The van der Waals surface area contributed by atoms with Crippen molar-refractivity contribution in [3.8, 4) is 11.8 Å². The molecule has 4 heteroatoms. The van der Waals surface area contributed by atoms with Crippen molar-refractivity contribution < 1.29 is 9.90 Å². The summed E-state index contributed by atoms with van der Waals surface area (Å²) in [6.45, 7) is 0. The van der Waals surface area contributed by atoms with E-state index in [1.807, 2.05) is 7.05 Å². The van der Waals surface area contributed by atoms with Crippen LogP contribution in [0.15, 0.2) is 6.20 Å². The van der Waals surface area contributed by atoms with E-state index in [4.69, 9.17) is 5.11 Å². The normalized spacial score (nSPS) is 14.6. The minimum absolute atomic E-state index is 0.495. The predicted molar refractivity (Wildman–Crippen MR) is 49.7 cm³/mol. The summed E-state index contributed by atoms with van der Waals surface area (Å²) in [6.07, 6.45) is 4.04. The first-order valence-corrected chi connectivity index (χ1v) is 4.45. The first kappa shape index (κ1) is 8.82. The molecule has 1 N–H and O–H groups in total. The summed E-state index contributed by atoms with van der Waals surface area (Å²) >= 11 is 0. The maximum Gasteiger partial charge on any atom is 0.382 e. The standard InChI is InChI=1S/C10H10N2O2/c1-12-6-8(4-5-9(13)14)10(11-12)7-2-3-7/h6-7H,2-3H2,1H3,(H,13,14). The van der Waals surface area contributed by atoms with Crippen molar-refractivity contribution in [2.45, 2.75) is 18.8 Å². The fourth-order valence-corrected chi connectivity index (χ4v) is 1.38. The Morgan fingerprint density at radius 3 is 3.00 bits per heavy atom. The van der Waals surface area contributed by atoms with E-state index in [1.54, 1.807) is 10.9 Å². The van der Waals surface area contributed by atoms with E-state index in [-0.39, 0.29) is 0 Å². The van der Waals surface area contributed by atoms with Crippen LogP contribution in [0, 0.1) is 11.8 Å². The molecule has 2 rings (SSSR count). The van der Waals surface area contributed by atoms with Gasteiger partial charge in [0, 0.05) is 25.1 Å². The lowest BCUT2D eigenvalue weighted by Crippen LogP contribution is -1.89. The van der Waals surface area contributed by atoms with E-state index in [1.165, 1.54) is 0 Å². The van der Waals surface area contributed by atoms with Crippen molar-refractivity contribution in [3.63, 3.8) is 0 Å². The topological polar surface area (TPSA) is 55.1 Å². The molecule has 1 aromatic heterocycles. The van der Waals surface area contributed by atoms with E-state index in [0.717, 1.165) is 24.1 Å². The maximum absolute atomic E-state index is 10.3. The molecule has 0 aliphatic heterocycles. The highest BCUT2D eigenvalue weighted by molar-refractivity contribution is 5.87. The summed E-state index contributed by atoms with van der Waals surface area (Å²) in [4.78, 5) is 10.3. The lowest BCUT2D eigenvalue weighted by molar-refractivity contribution is -0.130. The summed E-state index contributed by atoms with van der Waals surface area (Å²) in [5.41, 5.74) is 1.69. The van der Waals surface area contributed by atoms with E-state index >= 15 is 0 Å². The number of rotatable bonds is 1. The molecule has 0 amide bonds. The molecule has 1 fully saturated rings. The fraction of sp³-hybridized carbons (Fsp3) is 0.400. The molecule has 0 atom stereocenters. The molecule has 0 unspecified atom stereocenters. The summed E-state index contributed by atoms with van der Waals surface area (Å²) in [5.74, 6) is 4.13. The first-order chi connectivity index (χ1) is 6.66. The molecular weight excluding hydrogens is 180 g/mol. The number of carbonyl (C=O) groups is 1. The first-order valence-electron chi connectivity index (χ1n) is 4.45. The highest BCUT2D eigenvalue weighted by Gasteiger charge is 2.28. The van der Waals surface area contributed by atoms with Gasteiger partial charge >= 0.3 is 5.97 Å². The Balaban J connectivity index is 2.32. The van der Waals surface area contributed by atoms with Crippen LogP contribution < -0.4 is 0 Å². The van der Waals surface area contributed by atoms with Gasteiger partial charge in [0.1, 0.15) is 0 Å². The second-order valence-electron chi connectivity index (χ2n) is 3.43. The van der Waals surface area contributed by atoms with Crippen LogP contribution in [0.3, 0.4) is 0 Å². The van der Waals surface area contributed by atoms with Gasteiger partial charge < -0.3 is 5.11 Å². The zero-order valence-electron chi connectivity index (χ0n) is 7.82. The number of carboxylic acids is 1. The van der Waals surface area contributed by atoms with Crippen LogP contribution in [0.4, 0.5) is 0 Å². The second-order valence-corrected chi connectivity index (χ2v) is 3.43. The molecule has 0 radical (unpaired) electrons. The molecule has 1 aliphatic carbocycles. The Hall–Kier alpha value is -1.76. The average molecular weight is 190 g/mol. The molecule has 1 saturated carbocycles. The Labute approximate surface area is 81.5 Å². The Kier molecular flexibility index (Phi) is 2.01. The molecule has 0 bridgehead atoms. The van der Waals surface area contributed by atoms with Gasteiger partial charge in [0.25, 0.3) is 0 Å². The highest BCUT2D eigenvalue weighted by atomic mass is 16.4. The molecule has 1 aliphatic rings. The minimum Gasteiger partial charge on any atom is -0.472 e. The fourth-order valence-electron chi connectivity index (χ4n) is 1.38. The highest BCUT2D eigenvalue weighted by Crippen LogP contribution is 2.40. The van der Waals surface area contributed by atoms with E-state index in [2.05, 4.69) is 16.9 Å². The van der Waals surface area contributed by atoms with Gasteiger partial charge in [0.15, 0.2) is 0 Å². The Bertz CT molecular complexity index is 433. The number of hydrogen-bond donors (Lipinski definition) is 1. The minimum atomic E-state index is -1.10. The van der Waals surface area contributed by atoms with Crippen molar-refractivity contribution in [3.05, 3.63) is 17.5 Å². The number of hydrogen-bond acceptors (Lipinski definition) is 2. The zero-order chi connectivity index (χ0) is 10.1. The van der Waals surface area contributed by atoms with Gasteiger partial charge in [-0.3, -0.25) is 4.68 Å². The van der Waals surface area contributed by atoms with Crippen LogP contribution in [0.25, 0.3) is 0 Å². The van der Waals surface area contributed by atoms with Gasteiger partial charge in [0.05, 0.1) is 11.3 Å². The van der Waals surface area contributed by atoms with Crippen LogP contribution in [-0.2, 0) is 11.8 Å². The number of aromatic nitrogens is 2. The zero-order valence-corrected chi connectivity index (χ0v) is 7.82. The lowest BCUT2D eigenvalue weighted by atomic mass is 10.2. The van der Waals surface area contributed by atoms with Crippen LogP contribution >= 0.6 is 0 Å². The number of aryl methyl sites for hydroxylation is 1. The summed E-state index contributed by atoms with van der Waals surface area (Å²) in [7, 11) is 1.82. The van der Waals surface area contributed by atoms with Gasteiger partial charge in [-0.25, -0.2) is 4.79 Å². The molecule has 14 heavy (non-hydrogen) atoms. The summed E-state index contributed by atoms with van der Waals surface area (Å²) < 4.78 is 1.68. The molecule has 1 aromatic rings. The maximum atomic E-state index is 10.3. The molecule has 0 spiro atoms. The molecule has 72 valence electrons. The van der Waals surface area contributed by atoms with Crippen molar-refractivity contribution >= 4 is 5.97 Å². The summed E-state index contributed by atoms with van der Waals surface area (Å²) in [6, 6.07) is 0. The molecule has 1 heterocycles. The van der Waals surface area contributed by atoms with Gasteiger partial charge in [0.2, 0.25) is 0 Å². The third kappa shape index (κ3) is 1.77. The van der Waals surface area contributed by atoms with Gasteiger partial charge in [-0.05, 0) is 12.8 Å². The van der Waals surface area contributed by atoms with Crippen molar-refractivity contribution in [2.24, 2.45) is 7.05 Å². The van der Waals surface area contributed by atoms with E-state index in [0.29, 0.717) is 5.92 Å². The Morgan fingerprint density at radius 1 is 1.71 bits per heavy atom. The quantitative estimate of drug-likeness (QED) is 0.664. The smallest absolute Gasteiger partial charge is 0.382 e. The number of nitrogens with zero attached hydrogens (tertiary/aromatic N) is 2. The average Bonchev–Trinajstić information content (AvgIpc) is 2.87. The van der Waals surface area contributed by atoms with E-state index in [9.17, 15) is 4.79 Å². The van der Waals surface area contributed by atoms with Crippen LogP contribution in [0.1, 0.15) is 30.0 Å². The van der Waals surface area contributed by atoms with Crippen LogP contribution in [0.5, 0.6) is 0 Å². The molecule has 4 nitrogen and oxygen atoms in total.